The fourth-order valence-electron chi connectivity index (χ4n) is 2.25. The van der Waals surface area contributed by atoms with Crippen molar-refractivity contribution in [3.8, 4) is 0 Å². The normalized spacial score (nSPS) is 14.6. The first-order valence-electron chi connectivity index (χ1n) is 6.81. The van der Waals surface area contributed by atoms with E-state index in [4.69, 9.17) is 10.2 Å². The average molecular weight is 257 g/mol. The van der Waals surface area contributed by atoms with Gasteiger partial charge in [-0.25, -0.2) is 4.98 Å². The number of furan rings is 1. The molecular formula is C15H19N3O. The van der Waals surface area contributed by atoms with Crippen molar-refractivity contribution in [1.82, 2.24) is 4.98 Å². The monoisotopic (exact) mass is 257 g/mol. The number of hydrogen-bond acceptors (Lipinski definition) is 4. The standard InChI is InChI=1S/C15H19N3O/c16-8-7-12-3-6-15(17-10-12)18(13-4-5-13)11-14-2-1-9-19-14/h1-3,6,9-10,13H,4-5,7-8,11,16H2. The van der Waals surface area contributed by atoms with E-state index in [2.05, 4.69) is 22.0 Å². The smallest absolute Gasteiger partial charge is 0.129 e. The second-order valence-corrected chi connectivity index (χ2v) is 5.00. The molecule has 3 rings (SSSR count). The molecule has 0 spiro atoms. The van der Waals surface area contributed by atoms with E-state index in [1.165, 1.54) is 18.4 Å². The average Bonchev–Trinajstić information content (AvgIpc) is 3.15. The molecule has 19 heavy (non-hydrogen) atoms. The highest BCUT2D eigenvalue weighted by Gasteiger charge is 2.30. The molecule has 4 heteroatoms. The van der Waals surface area contributed by atoms with E-state index in [0.717, 1.165) is 24.5 Å². The summed E-state index contributed by atoms with van der Waals surface area (Å²) in [6.45, 7) is 1.46. The quantitative estimate of drug-likeness (QED) is 0.863. The van der Waals surface area contributed by atoms with E-state index in [9.17, 15) is 0 Å². The summed E-state index contributed by atoms with van der Waals surface area (Å²) in [5.41, 5.74) is 6.75. The Labute approximate surface area is 113 Å². The van der Waals surface area contributed by atoms with Crippen molar-refractivity contribution >= 4 is 5.82 Å². The summed E-state index contributed by atoms with van der Waals surface area (Å²) in [5, 5.41) is 0. The Morgan fingerprint density at radius 1 is 1.32 bits per heavy atom. The van der Waals surface area contributed by atoms with Crippen molar-refractivity contribution < 1.29 is 4.42 Å². The molecular weight excluding hydrogens is 238 g/mol. The van der Waals surface area contributed by atoms with Gasteiger partial charge in [0, 0.05) is 12.2 Å². The summed E-state index contributed by atoms with van der Waals surface area (Å²) in [5.74, 6) is 2.01. The zero-order chi connectivity index (χ0) is 13.1. The number of anilines is 1. The van der Waals surface area contributed by atoms with Crippen molar-refractivity contribution in [2.75, 3.05) is 11.4 Å². The van der Waals surface area contributed by atoms with Gasteiger partial charge in [-0.2, -0.15) is 0 Å². The lowest BCUT2D eigenvalue weighted by Crippen LogP contribution is -2.25. The summed E-state index contributed by atoms with van der Waals surface area (Å²) < 4.78 is 5.44. The van der Waals surface area contributed by atoms with Crippen LogP contribution in [0.1, 0.15) is 24.2 Å². The topological polar surface area (TPSA) is 55.3 Å². The SMILES string of the molecule is NCCc1ccc(N(Cc2ccco2)C2CC2)nc1. The van der Waals surface area contributed by atoms with Gasteiger partial charge in [0.15, 0.2) is 0 Å². The number of hydrogen-bond donors (Lipinski definition) is 1. The van der Waals surface area contributed by atoms with Gasteiger partial charge >= 0.3 is 0 Å². The van der Waals surface area contributed by atoms with Gasteiger partial charge in [0.1, 0.15) is 11.6 Å². The van der Waals surface area contributed by atoms with Crippen LogP contribution >= 0.6 is 0 Å². The maximum atomic E-state index is 5.56. The molecule has 0 saturated heterocycles. The van der Waals surface area contributed by atoms with Crippen LogP contribution in [0.5, 0.6) is 0 Å². The number of pyridine rings is 1. The van der Waals surface area contributed by atoms with E-state index in [1.54, 1.807) is 6.26 Å². The summed E-state index contributed by atoms with van der Waals surface area (Å²) in [7, 11) is 0. The molecule has 2 aromatic heterocycles. The third kappa shape index (κ3) is 2.96. The van der Waals surface area contributed by atoms with E-state index in [1.807, 2.05) is 18.3 Å². The van der Waals surface area contributed by atoms with E-state index >= 15 is 0 Å². The summed E-state index contributed by atoms with van der Waals surface area (Å²) in [6.07, 6.45) is 7.02. The zero-order valence-electron chi connectivity index (χ0n) is 11.0. The van der Waals surface area contributed by atoms with Crippen LogP contribution in [0.2, 0.25) is 0 Å². The maximum Gasteiger partial charge on any atom is 0.129 e. The van der Waals surface area contributed by atoms with Crippen LogP contribution in [-0.4, -0.2) is 17.6 Å². The van der Waals surface area contributed by atoms with Crippen molar-refractivity contribution in [3.63, 3.8) is 0 Å². The molecule has 0 unspecified atom stereocenters. The Morgan fingerprint density at radius 2 is 2.21 bits per heavy atom. The molecule has 1 fully saturated rings. The third-order valence-electron chi connectivity index (χ3n) is 3.43. The molecule has 4 nitrogen and oxygen atoms in total. The van der Waals surface area contributed by atoms with Crippen LogP contribution in [0.15, 0.2) is 41.1 Å². The number of rotatable bonds is 6. The molecule has 0 amide bonds. The molecule has 0 aromatic carbocycles. The van der Waals surface area contributed by atoms with Crippen LogP contribution in [0.4, 0.5) is 5.82 Å². The van der Waals surface area contributed by atoms with Gasteiger partial charge in [-0.15, -0.1) is 0 Å². The largest absolute Gasteiger partial charge is 0.467 e. The highest BCUT2D eigenvalue weighted by Crippen LogP contribution is 2.32. The highest BCUT2D eigenvalue weighted by atomic mass is 16.3. The molecule has 100 valence electrons. The second kappa shape index (κ2) is 5.45. The van der Waals surface area contributed by atoms with Gasteiger partial charge in [-0.1, -0.05) is 6.07 Å². The molecule has 0 aliphatic heterocycles. The predicted molar refractivity (Wildman–Crippen MR) is 74.9 cm³/mol. The fourth-order valence-corrected chi connectivity index (χ4v) is 2.25. The van der Waals surface area contributed by atoms with Gasteiger partial charge < -0.3 is 15.1 Å². The minimum Gasteiger partial charge on any atom is -0.467 e. The summed E-state index contributed by atoms with van der Waals surface area (Å²) in [6, 6.07) is 8.76. The second-order valence-electron chi connectivity index (χ2n) is 5.00. The fraction of sp³-hybridized carbons (Fsp3) is 0.400. The third-order valence-corrected chi connectivity index (χ3v) is 3.43. The lowest BCUT2D eigenvalue weighted by atomic mass is 10.2. The van der Waals surface area contributed by atoms with Crippen molar-refractivity contribution in [3.05, 3.63) is 48.0 Å². The van der Waals surface area contributed by atoms with Crippen molar-refractivity contribution in [2.24, 2.45) is 5.73 Å². The first kappa shape index (κ1) is 12.2. The van der Waals surface area contributed by atoms with Crippen LogP contribution in [0.3, 0.4) is 0 Å². The molecule has 1 saturated carbocycles. The predicted octanol–water partition coefficient (Wildman–Crippen LogP) is 2.34. The number of nitrogens with zero attached hydrogens (tertiary/aromatic N) is 2. The van der Waals surface area contributed by atoms with E-state index in [0.29, 0.717) is 12.6 Å². The molecule has 2 N–H and O–H groups in total. The first-order chi connectivity index (χ1) is 9.36. The number of nitrogens with two attached hydrogens (primary N) is 1. The number of aromatic nitrogens is 1. The molecule has 2 aromatic rings. The van der Waals surface area contributed by atoms with E-state index in [-0.39, 0.29) is 0 Å². The Hall–Kier alpha value is -1.81. The first-order valence-corrected chi connectivity index (χ1v) is 6.81. The van der Waals surface area contributed by atoms with Crippen molar-refractivity contribution in [1.29, 1.82) is 0 Å². The van der Waals surface area contributed by atoms with Gasteiger partial charge in [0.2, 0.25) is 0 Å². The van der Waals surface area contributed by atoms with Crippen LogP contribution in [0.25, 0.3) is 0 Å². The van der Waals surface area contributed by atoms with Gasteiger partial charge in [-0.05, 0) is 49.6 Å². The van der Waals surface area contributed by atoms with Gasteiger partial charge in [0.25, 0.3) is 0 Å². The Bertz CT molecular complexity index is 503. The molecule has 0 bridgehead atoms. The molecule has 1 aliphatic rings. The zero-order valence-corrected chi connectivity index (χ0v) is 11.0. The lowest BCUT2D eigenvalue weighted by Gasteiger charge is -2.22. The minimum atomic E-state index is 0.609. The Morgan fingerprint density at radius 3 is 2.79 bits per heavy atom. The Balaban J connectivity index is 1.76. The lowest BCUT2D eigenvalue weighted by molar-refractivity contribution is 0.500. The van der Waals surface area contributed by atoms with E-state index < -0.39 is 0 Å². The summed E-state index contributed by atoms with van der Waals surface area (Å²) in [4.78, 5) is 6.89. The van der Waals surface area contributed by atoms with Gasteiger partial charge in [-0.3, -0.25) is 0 Å². The van der Waals surface area contributed by atoms with Crippen LogP contribution < -0.4 is 10.6 Å². The summed E-state index contributed by atoms with van der Waals surface area (Å²) >= 11 is 0. The molecule has 1 aliphatic carbocycles. The maximum absolute atomic E-state index is 5.56. The minimum absolute atomic E-state index is 0.609. The molecule has 0 atom stereocenters. The van der Waals surface area contributed by atoms with Crippen LogP contribution in [0, 0.1) is 0 Å². The molecule has 2 heterocycles. The Kier molecular flexibility index (Phi) is 3.51. The highest BCUT2D eigenvalue weighted by molar-refractivity contribution is 5.42. The molecule has 0 radical (unpaired) electrons. The van der Waals surface area contributed by atoms with Crippen molar-refractivity contribution in [2.45, 2.75) is 31.8 Å². The van der Waals surface area contributed by atoms with Crippen LogP contribution in [-0.2, 0) is 13.0 Å². The van der Waals surface area contributed by atoms with Gasteiger partial charge in [0.05, 0.1) is 12.8 Å².